The number of amides is 1. The van der Waals surface area contributed by atoms with E-state index in [1.807, 2.05) is 26.8 Å². The van der Waals surface area contributed by atoms with Crippen molar-refractivity contribution in [3.05, 3.63) is 52.6 Å². The number of rotatable bonds is 6. The average molecular weight is 400 g/mol. The molecule has 1 aliphatic carbocycles. The van der Waals surface area contributed by atoms with Gasteiger partial charge in [0, 0.05) is 23.9 Å². The number of nitrogens with two attached hydrogens (primary N) is 1. The summed E-state index contributed by atoms with van der Waals surface area (Å²) in [5, 5.41) is 10.9. The fraction of sp³-hybridized carbons (Fsp3) is 0.520. The molecule has 162 valence electrons. The fourth-order valence-corrected chi connectivity index (χ4v) is 2.99. The molecule has 4 N–H and O–H groups in total. The summed E-state index contributed by atoms with van der Waals surface area (Å²) in [6.07, 6.45) is 10.1. The molecular weight excluding hydrogens is 358 g/mol. The molecule has 1 amide bonds. The maximum atomic E-state index is 11.6. The van der Waals surface area contributed by atoms with Gasteiger partial charge in [-0.15, -0.1) is 0 Å². The minimum Gasteiger partial charge on any atom is -0.398 e. The predicted molar refractivity (Wildman–Crippen MR) is 128 cm³/mol. The van der Waals surface area contributed by atoms with Gasteiger partial charge in [-0.25, -0.2) is 0 Å². The number of nitrogens with one attached hydrogen (secondary N) is 2. The Hall–Kier alpha value is -2.36. The number of nitrogen functional groups attached to an aromatic ring is 1. The van der Waals surface area contributed by atoms with Crippen LogP contribution in [0.4, 0.5) is 5.69 Å². The topological polar surface area (TPSA) is 79.0 Å². The van der Waals surface area contributed by atoms with Gasteiger partial charge in [-0.1, -0.05) is 71.6 Å². The molecule has 1 aliphatic rings. The summed E-state index contributed by atoms with van der Waals surface area (Å²) in [5.74, 6) is 0.771. The third-order valence-electron chi connectivity index (χ3n) is 4.99. The number of hydrogen-bond acceptors (Lipinski definition) is 3. The Balaban J connectivity index is 0.000000740. The van der Waals surface area contributed by atoms with Crippen molar-refractivity contribution in [2.75, 3.05) is 12.8 Å². The van der Waals surface area contributed by atoms with E-state index in [9.17, 15) is 4.79 Å². The summed E-state index contributed by atoms with van der Waals surface area (Å²) in [7, 11) is 1.58. The van der Waals surface area contributed by atoms with Crippen molar-refractivity contribution in [1.29, 1.82) is 5.41 Å². The summed E-state index contributed by atoms with van der Waals surface area (Å²) in [4.78, 5) is 11.6. The highest BCUT2D eigenvalue weighted by molar-refractivity contribution is 6.16. The molecule has 0 spiro atoms. The second-order valence-electron chi connectivity index (χ2n) is 7.19. The summed E-state index contributed by atoms with van der Waals surface area (Å²) < 4.78 is 0. The molecule has 0 bridgehead atoms. The molecule has 4 heteroatoms. The molecular formula is C25H41N3O. The van der Waals surface area contributed by atoms with Gasteiger partial charge in [-0.05, 0) is 49.5 Å². The van der Waals surface area contributed by atoms with Crippen molar-refractivity contribution in [2.45, 2.75) is 73.6 Å². The number of benzene rings is 1. The Morgan fingerprint density at radius 2 is 1.93 bits per heavy atom. The first-order chi connectivity index (χ1) is 13.8. The Kier molecular flexibility index (Phi) is 13.4. The smallest absolute Gasteiger partial charge is 0.251 e. The Morgan fingerprint density at radius 3 is 2.38 bits per heavy atom. The number of hydrogen-bond donors (Lipinski definition) is 3. The van der Waals surface area contributed by atoms with Crippen LogP contribution >= 0.6 is 0 Å². The first-order valence-corrected chi connectivity index (χ1v) is 10.9. The van der Waals surface area contributed by atoms with Crippen LogP contribution < -0.4 is 11.1 Å². The number of anilines is 1. The van der Waals surface area contributed by atoms with Crippen molar-refractivity contribution in [3.8, 4) is 0 Å². The lowest BCUT2D eigenvalue weighted by Crippen LogP contribution is -2.18. The zero-order chi connectivity index (χ0) is 22.4. The van der Waals surface area contributed by atoms with Crippen LogP contribution in [0.25, 0.3) is 0 Å². The molecule has 0 saturated heterocycles. The summed E-state index contributed by atoms with van der Waals surface area (Å²) in [6.45, 7) is 12.8. The van der Waals surface area contributed by atoms with Crippen LogP contribution in [0.5, 0.6) is 0 Å². The van der Waals surface area contributed by atoms with Crippen LogP contribution in [-0.4, -0.2) is 18.7 Å². The Morgan fingerprint density at radius 1 is 1.28 bits per heavy atom. The van der Waals surface area contributed by atoms with Crippen LogP contribution in [0.3, 0.4) is 0 Å². The van der Waals surface area contributed by atoms with E-state index in [1.165, 1.54) is 24.8 Å². The van der Waals surface area contributed by atoms with Gasteiger partial charge in [0.1, 0.15) is 0 Å². The maximum Gasteiger partial charge on any atom is 0.251 e. The molecule has 0 radical (unpaired) electrons. The zero-order valence-electron chi connectivity index (χ0n) is 19.5. The Bertz CT molecular complexity index is 717. The number of allylic oxidation sites excluding steroid dienone is 4. The molecule has 4 nitrogen and oxygen atoms in total. The average Bonchev–Trinajstić information content (AvgIpc) is 2.75. The highest BCUT2D eigenvalue weighted by Crippen LogP contribution is 2.25. The van der Waals surface area contributed by atoms with Crippen LogP contribution in [-0.2, 0) is 0 Å². The van der Waals surface area contributed by atoms with E-state index in [0.29, 0.717) is 22.5 Å². The SMILES string of the molecule is CC.CCCC(C)CC.CNC(=O)c1ccc(C(=N)C2=C(C)CCC=C2)c(N)c1. The lowest BCUT2D eigenvalue weighted by Gasteiger charge is -2.15. The zero-order valence-corrected chi connectivity index (χ0v) is 19.5. The van der Waals surface area contributed by atoms with E-state index in [2.05, 4.69) is 32.2 Å². The molecule has 1 atom stereocenters. The molecule has 1 aromatic carbocycles. The summed E-state index contributed by atoms with van der Waals surface area (Å²) >= 11 is 0. The van der Waals surface area contributed by atoms with E-state index < -0.39 is 0 Å². The van der Waals surface area contributed by atoms with E-state index in [1.54, 1.807) is 25.2 Å². The fourth-order valence-electron chi connectivity index (χ4n) is 2.99. The molecule has 0 fully saturated rings. The first-order valence-electron chi connectivity index (χ1n) is 10.9. The molecule has 0 aromatic heterocycles. The van der Waals surface area contributed by atoms with E-state index >= 15 is 0 Å². The van der Waals surface area contributed by atoms with Gasteiger partial charge in [0.2, 0.25) is 0 Å². The summed E-state index contributed by atoms with van der Waals surface area (Å²) in [6, 6.07) is 5.05. The quantitative estimate of drug-likeness (QED) is 0.376. The standard InChI is InChI=1S/C16H19N3O.C7H16.C2H6/c1-10-5-3-4-6-12(10)15(18)13-8-7-11(9-14(13)17)16(20)19-2;1-4-6-7(3)5-2;1-2/h4,6-9,18H,3,5,17H2,1-2H3,(H,19,20);7H,4-6H2,1-3H3;1-2H3. The largest absolute Gasteiger partial charge is 0.398 e. The van der Waals surface area contributed by atoms with E-state index in [4.69, 9.17) is 11.1 Å². The minimum atomic E-state index is -0.178. The van der Waals surface area contributed by atoms with Gasteiger partial charge in [-0.2, -0.15) is 0 Å². The van der Waals surface area contributed by atoms with Gasteiger partial charge in [0.05, 0.1) is 5.71 Å². The second-order valence-corrected chi connectivity index (χ2v) is 7.19. The van der Waals surface area contributed by atoms with Gasteiger partial charge in [0.15, 0.2) is 0 Å². The van der Waals surface area contributed by atoms with Gasteiger partial charge < -0.3 is 11.1 Å². The maximum absolute atomic E-state index is 11.6. The van der Waals surface area contributed by atoms with Crippen molar-refractivity contribution < 1.29 is 4.79 Å². The lowest BCUT2D eigenvalue weighted by molar-refractivity contribution is 0.0963. The minimum absolute atomic E-state index is 0.178. The number of carbonyl (C=O) groups excluding carboxylic acids is 1. The third kappa shape index (κ3) is 8.68. The molecule has 0 saturated carbocycles. The van der Waals surface area contributed by atoms with Crippen LogP contribution in [0.15, 0.2) is 41.5 Å². The van der Waals surface area contributed by atoms with Crippen molar-refractivity contribution in [1.82, 2.24) is 5.32 Å². The third-order valence-corrected chi connectivity index (χ3v) is 4.99. The molecule has 0 aliphatic heterocycles. The van der Waals surface area contributed by atoms with Crippen molar-refractivity contribution in [2.24, 2.45) is 5.92 Å². The normalized spacial score (nSPS) is 13.5. The van der Waals surface area contributed by atoms with E-state index in [-0.39, 0.29) is 5.91 Å². The number of carbonyl (C=O) groups is 1. The Labute approximate surface area is 178 Å². The second kappa shape index (κ2) is 14.6. The summed E-state index contributed by atoms with van der Waals surface area (Å²) in [5.41, 5.74) is 10.2. The van der Waals surface area contributed by atoms with Crippen LogP contribution in [0.1, 0.15) is 89.6 Å². The molecule has 2 rings (SSSR count). The molecule has 0 heterocycles. The van der Waals surface area contributed by atoms with Crippen LogP contribution in [0, 0.1) is 11.3 Å². The monoisotopic (exact) mass is 399 g/mol. The van der Waals surface area contributed by atoms with Crippen molar-refractivity contribution in [3.63, 3.8) is 0 Å². The first kappa shape index (κ1) is 26.6. The molecule has 1 unspecified atom stereocenters. The van der Waals surface area contributed by atoms with Crippen molar-refractivity contribution >= 4 is 17.3 Å². The van der Waals surface area contributed by atoms with Crippen LogP contribution in [0.2, 0.25) is 0 Å². The molecule has 29 heavy (non-hydrogen) atoms. The highest BCUT2D eigenvalue weighted by Gasteiger charge is 2.15. The van der Waals surface area contributed by atoms with Gasteiger partial charge in [-0.3, -0.25) is 10.2 Å². The van der Waals surface area contributed by atoms with Gasteiger partial charge >= 0.3 is 0 Å². The van der Waals surface area contributed by atoms with Gasteiger partial charge in [0.25, 0.3) is 5.91 Å². The molecule has 1 aromatic rings. The lowest BCUT2D eigenvalue weighted by atomic mass is 9.91. The highest BCUT2D eigenvalue weighted by atomic mass is 16.1. The van der Waals surface area contributed by atoms with E-state index in [0.717, 1.165) is 24.3 Å². The predicted octanol–water partition coefficient (Wildman–Crippen LogP) is 6.52.